The van der Waals surface area contributed by atoms with E-state index in [0.717, 1.165) is 25.9 Å². The topological polar surface area (TPSA) is 103 Å². The minimum absolute atomic E-state index is 0.0526. The fourth-order valence-electron chi connectivity index (χ4n) is 3.89. The Bertz CT molecular complexity index is 491. The molecule has 3 fully saturated rings. The Labute approximate surface area is 145 Å². The number of rotatable bonds is 3. The first-order valence-corrected chi connectivity index (χ1v) is 9.10. The summed E-state index contributed by atoms with van der Waals surface area (Å²) in [4.78, 5) is 14.2. The molecule has 6 unspecified atom stereocenters. The summed E-state index contributed by atoms with van der Waals surface area (Å²) in [5, 5.41) is 16.1. The van der Waals surface area contributed by atoms with Crippen molar-refractivity contribution in [3.63, 3.8) is 0 Å². The highest BCUT2D eigenvalue weighted by molar-refractivity contribution is 9.09. The van der Waals surface area contributed by atoms with Crippen LogP contribution >= 0.6 is 15.9 Å². The second-order valence-corrected chi connectivity index (χ2v) is 7.89. The number of nitrogens with two attached hydrogens (primary N) is 1. The molecule has 3 saturated heterocycles. The van der Waals surface area contributed by atoms with Crippen molar-refractivity contribution in [3.8, 4) is 6.07 Å². The van der Waals surface area contributed by atoms with E-state index in [1.807, 2.05) is 0 Å². The van der Waals surface area contributed by atoms with Crippen molar-refractivity contribution in [1.29, 1.82) is 5.26 Å². The van der Waals surface area contributed by atoms with Gasteiger partial charge in [0.05, 0.1) is 18.3 Å². The molecule has 4 N–H and O–H groups in total. The molecule has 0 aromatic rings. The Morgan fingerprint density at radius 1 is 1.48 bits per heavy atom. The first kappa shape index (κ1) is 17.1. The largest absolute Gasteiger partial charge is 0.368 e. The summed E-state index contributed by atoms with van der Waals surface area (Å²) < 4.78 is 5.72. The van der Waals surface area contributed by atoms with Gasteiger partial charge in [0.25, 0.3) is 0 Å². The summed E-state index contributed by atoms with van der Waals surface area (Å²) in [5.41, 5.74) is 5.55. The lowest BCUT2D eigenvalue weighted by Crippen LogP contribution is -2.68. The summed E-state index contributed by atoms with van der Waals surface area (Å²) in [7, 11) is 2.13. The Morgan fingerprint density at radius 2 is 2.17 bits per heavy atom. The van der Waals surface area contributed by atoms with Crippen molar-refractivity contribution in [2.24, 2.45) is 11.7 Å². The van der Waals surface area contributed by atoms with Gasteiger partial charge >= 0.3 is 0 Å². The van der Waals surface area contributed by atoms with Gasteiger partial charge in [-0.3, -0.25) is 15.4 Å². The standard InChI is InChI=1S/C15H24BrN5O2/c1-21-4-2-8(3-5-21)19-15-11(16)10-6-9(7-17)23-13(10)12(20-15)14(18)22/h8-13,15,19-20H,2-6H2,1H3,(H2,18,22). The molecular weight excluding hydrogens is 362 g/mol. The van der Waals surface area contributed by atoms with Crippen molar-refractivity contribution in [1.82, 2.24) is 15.5 Å². The normalized spacial score (nSPS) is 42.1. The van der Waals surface area contributed by atoms with Crippen LogP contribution in [0, 0.1) is 17.2 Å². The lowest BCUT2D eigenvalue weighted by Gasteiger charge is -2.43. The summed E-state index contributed by atoms with van der Waals surface area (Å²) >= 11 is 3.76. The maximum absolute atomic E-state index is 11.8. The lowest BCUT2D eigenvalue weighted by molar-refractivity contribution is -0.126. The van der Waals surface area contributed by atoms with Crippen LogP contribution in [-0.4, -0.2) is 66.2 Å². The molecule has 3 heterocycles. The first-order valence-electron chi connectivity index (χ1n) is 8.18. The number of fused-ring (bicyclic) bond motifs is 1. The summed E-state index contributed by atoms with van der Waals surface area (Å²) in [6.45, 7) is 2.14. The molecule has 0 aliphatic carbocycles. The Kier molecular flexibility index (Phi) is 5.23. The number of hydrogen-bond acceptors (Lipinski definition) is 6. The van der Waals surface area contributed by atoms with Gasteiger partial charge in [0.2, 0.25) is 5.91 Å². The molecule has 0 saturated carbocycles. The molecule has 128 valence electrons. The maximum atomic E-state index is 11.8. The van der Waals surface area contributed by atoms with Gasteiger partial charge in [-0.05, 0) is 39.4 Å². The highest BCUT2D eigenvalue weighted by atomic mass is 79.9. The second-order valence-electron chi connectivity index (χ2n) is 6.83. The van der Waals surface area contributed by atoms with E-state index in [1.165, 1.54) is 0 Å². The average Bonchev–Trinajstić information content (AvgIpc) is 2.96. The fraction of sp³-hybridized carbons (Fsp3) is 0.867. The molecule has 0 spiro atoms. The fourth-order valence-corrected chi connectivity index (χ4v) is 4.71. The zero-order chi connectivity index (χ0) is 16.6. The lowest BCUT2D eigenvalue weighted by atomic mass is 9.85. The van der Waals surface area contributed by atoms with E-state index < -0.39 is 18.1 Å². The van der Waals surface area contributed by atoms with Crippen LogP contribution in [0.2, 0.25) is 0 Å². The molecule has 7 nitrogen and oxygen atoms in total. The number of carbonyl (C=O) groups excluding carboxylic acids is 1. The molecule has 3 rings (SSSR count). The molecule has 0 aromatic carbocycles. The number of amides is 1. The Balaban J connectivity index is 1.69. The van der Waals surface area contributed by atoms with Crippen LogP contribution in [0.4, 0.5) is 0 Å². The number of nitriles is 1. The van der Waals surface area contributed by atoms with Gasteiger partial charge in [-0.2, -0.15) is 5.26 Å². The number of alkyl halides is 1. The number of likely N-dealkylation sites (tertiary alicyclic amines) is 1. The summed E-state index contributed by atoms with van der Waals surface area (Å²) in [5.74, 6) is -0.324. The van der Waals surface area contributed by atoms with E-state index in [-0.39, 0.29) is 23.0 Å². The van der Waals surface area contributed by atoms with Crippen molar-refractivity contribution in [3.05, 3.63) is 0 Å². The van der Waals surface area contributed by atoms with E-state index in [2.05, 4.69) is 44.6 Å². The van der Waals surface area contributed by atoms with Gasteiger partial charge in [-0.25, -0.2) is 0 Å². The molecule has 0 bridgehead atoms. The average molecular weight is 386 g/mol. The van der Waals surface area contributed by atoms with Gasteiger partial charge in [0, 0.05) is 16.8 Å². The molecular formula is C15H24BrN5O2. The number of ether oxygens (including phenoxy) is 1. The van der Waals surface area contributed by atoms with E-state index in [1.54, 1.807) is 0 Å². The third-order valence-corrected chi connectivity index (χ3v) is 6.44. The number of carbonyl (C=O) groups is 1. The number of piperidine rings is 2. The van der Waals surface area contributed by atoms with Gasteiger partial charge in [0.15, 0.2) is 0 Å². The zero-order valence-corrected chi connectivity index (χ0v) is 14.8. The number of halogens is 1. The van der Waals surface area contributed by atoms with E-state index in [9.17, 15) is 4.79 Å². The molecule has 6 atom stereocenters. The third-order valence-electron chi connectivity index (χ3n) is 5.23. The molecule has 0 aromatic heterocycles. The third kappa shape index (κ3) is 3.54. The minimum atomic E-state index is -0.559. The zero-order valence-electron chi connectivity index (χ0n) is 13.2. The van der Waals surface area contributed by atoms with Crippen molar-refractivity contribution in [2.45, 2.75) is 54.5 Å². The number of nitrogens with one attached hydrogen (secondary N) is 2. The predicted octanol–water partition coefficient (Wildman–Crippen LogP) is -0.486. The smallest absolute Gasteiger partial charge is 0.237 e. The van der Waals surface area contributed by atoms with Gasteiger partial charge in [0.1, 0.15) is 12.1 Å². The number of primary amides is 1. The Hall–Kier alpha value is -0.720. The van der Waals surface area contributed by atoms with E-state index in [4.69, 9.17) is 15.7 Å². The van der Waals surface area contributed by atoms with Crippen LogP contribution in [0.25, 0.3) is 0 Å². The van der Waals surface area contributed by atoms with Gasteiger partial charge in [-0.1, -0.05) is 15.9 Å². The molecule has 1 amide bonds. The van der Waals surface area contributed by atoms with Gasteiger partial charge in [-0.15, -0.1) is 0 Å². The predicted molar refractivity (Wildman–Crippen MR) is 88.7 cm³/mol. The Morgan fingerprint density at radius 3 is 2.78 bits per heavy atom. The molecule has 3 aliphatic rings. The number of hydrogen-bond donors (Lipinski definition) is 3. The van der Waals surface area contributed by atoms with E-state index >= 15 is 0 Å². The molecule has 8 heteroatoms. The van der Waals surface area contributed by atoms with Crippen molar-refractivity contribution >= 4 is 21.8 Å². The minimum Gasteiger partial charge on any atom is -0.368 e. The monoisotopic (exact) mass is 385 g/mol. The van der Waals surface area contributed by atoms with Gasteiger partial charge < -0.3 is 15.4 Å². The first-order chi connectivity index (χ1) is 11.0. The second kappa shape index (κ2) is 7.03. The SMILES string of the molecule is CN1CCC(NC2NC(C(N)=O)C3OC(C#N)CC3C2Br)CC1. The molecule has 0 radical (unpaired) electrons. The highest BCUT2D eigenvalue weighted by Gasteiger charge is 2.51. The van der Waals surface area contributed by atoms with Crippen LogP contribution in [0.15, 0.2) is 0 Å². The van der Waals surface area contributed by atoms with Crippen LogP contribution in [0.3, 0.4) is 0 Å². The summed E-state index contributed by atoms with van der Waals surface area (Å²) in [6.07, 6.45) is 1.95. The molecule has 3 aliphatic heterocycles. The quantitative estimate of drug-likeness (QED) is 0.566. The van der Waals surface area contributed by atoms with Crippen LogP contribution < -0.4 is 16.4 Å². The van der Waals surface area contributed by atoms with Crippen molar-refractivity contribution in [2.75, 3.05) is 20.1 Å². The van der Waals surface area contributed by atoms with E-state index in [0.29, 0.717) is 12.5 Å². The van der Waals surface area contributed by atoms with Crippen LogP contribution in [0.5, 0.6) is 0 Å². The number of nitrogens with zero attached hydrogens (tertiary/aromatic N) is 2. The molecule has 23 heavy (non-hydrogen) atoms. The van der Waals surface area contributed by atoms with Crippen LogP contribution in [-0.2, 0) is 9.53 Å². The van der Waals surface area contributed by atoms with Crippen molar-refractivity contribution < 1.29 is 9.53 Å². The highest BCUT2D eigenvalue weighted by Crippen LogP contribution is 2.38. The maximum Gasteiger partial charge on any atom is 0.237 e. The summed E-state index contributed by atoms with van der Waals surface area (Å²) in [6, 6.07) is 2.01. The van der Waals surface area contributed by atoms with Crippen LogP contribution in [0.1, 0.15) is 19.3 Å².